The van der Waals surface area contributed by atoms with Crippen LogP contribution in [0.5, 0.6) is 0 Å². The summed E-state index contributed by atoms with van der Waals surface area (Å²) in [6, 6.07) is 8.11. The zero-order chi connectivity index (χ0) is 14.1. The molecule has 2 aliphatic heterocycles. The summed E-state index contributed by atoms with van der Waals surface area (Å²) in [6.45, 7) is 1.93. The van der Waals surface area contributed by atoms with Gasteiger partial charge in [-0.05, 0) is 18.1 Å². The molecule has 2 heterocycles. The molecule has 2 unspecified atom stereocenters. The Hall–Kier alpha value is -2.04. The van der Waals surface area contributed by atoms with Crippen molar-refractivity contribution in [2.24, 2.45) is 11.7 Å². The molecule has 0 spiro atoms. The number of carbonyl (C=O) groups is 2. The number of hydrogen-bond acceptors (Lipinski definition) is 3. The number of hydrogen-bond donors (Lipinski definition) is 2. The summed E-state index contributed by atoms with van der Waals surface area (Å²) >= 11 is 0. The van der Waals surface area contributed by atoms with Gasteiger partial charge in [-0.1, -0.05) is 18.2 Å². The second-order valence-electron chi connectivity index (χ2n) is 5.60. The minimum atomic E-state index is -0.298. The SMILES string of the molecule is NC(=O)C1CCN(C(=O)CC2CNc3ccccc32)C1. The maximum atomic E-state index is 12.3. The molecule has 1 aromatic carbocycles. The zero-order valence-electron chi connectivity index (χ0n) is 11.3. The van der Waals surface area contributed by atoms with E-state index in [4.69, 9.17) is 5.73 Å². The van der Waals surface area contributed by atoms with Crippen molar-refractivity contribution in [3.8, 4) is 0 Å². The molecule has 0 aromatic heterocycles. The van der Waals surface area contributed by atoms with Crippen molar-refractivity contribution in [2.45, 2.75) is 18.8 Å². The van der Waals surface area contributed by atoms with Crippen LogP contribution in [0.3, 0.4) is 0 Å². The Morgan fingerprint density at radius 1 is 1.35 bits per heavy atom. The summed E-state index contributed by atoms with van der Waals surface area (Å²) in [5.41, 5.74) is 7.64. The van der Waals surface area contributed by atoms with Gasteiger partial charge in [-0.15, -0.1) is 0 Å². The van der Waals surface area contributed by atoms with E-state index in [0.717, 1.165) is 12.2 Å². The van der Waals surface area contributed by atoms with Crippen molar-refractivity contribution in [1.29, 1.82) is 0 Å². The van der Waals surface area contributed by atoms with Crippen molar-refractivity contribution in [3.05, 3.63) is 29.8 Å². The highest BCUT2D eigenvalue weighted by Crippen LogP contribution is 2.34. The Kier molecular flexibility index (Phi) is 3.34. The first-order valence-electron chi connectivity index (χ1n) is 7.05. The molecule has 1 aromatic rings. The molecule has 2 amide bonds. The number of nitrogens with one attached hydrogen (secondary N) is 1. The third-order valence-electron chi connectivity index (χ3n) is 4.30. The Labute approximate surface area is 118 Å². The minimum Gasteiger partial charge on any atom is -0.384 e. The first kappa shape index (κ1) is 13.0. The van der Waals surface area contributed by atoms with Gasteiger partial charge >= 0.3 is 0 Å². The molecule has 5 heteroatoms. The molecule has 106 valence electrons. The smallest absolute Gasteiger partial charge is 0.223 e. The van der Waals surface area contributed by atoms with Crippen molar-refractivity contribution in [1.82, 2.24) is 4.90 Å². The number of rotatable bonds is 3. The molecule has 0 bridgehead atoms. The van der Waals surface area contributed by atoms with E-state index in [1.54, 1.807) is 4.90 Å². The van der Waals surface area contributed by atoms with Crippen molar-refractivity contribution >= 4 is 17.5 Å². The van der Waals surface area contributed by atoms with Gasteiger partial charge in [-0.25, -0.2) is 0 Å². The molecule has 5 nitrogen and oxygen atoms in total. The van der Waals surface area contributed by atoms with Crippen molar-refractivity contribution < 1.29 is 9.59 Å². The number of fused-ring (bicyclic) bond motifs is 1. The van der Waals surface area contributed by atoms with Gasteiger partial charge in [0.25, 0.3) is 0 Å². The maximum absolute atomic E-state index is 12.3. The second-order valence-corrected chi connectivity index (χ2v) is 5.60. The van der Waals surface area contributed by atoms with Gasteiger partial charge in [0.1, 0.15) is 0 Å². The molecule has 3 rings (SSSR count). The number of carbonyl (C=O) groups excluding carboxylic acids is 2. The molecule has 20 heavy (non-hydrogen) atoms. The van der Waals surface area contributed by atoms with E-state index in [1.807, 2.05) is 18.2 Å². The van der Waals surface area contributed by atoms with Gasteiger partial charge in [-0.3, -0.25) is 9.59 Å². The van der Waals surface area contributed by atoms with Crippen LogP contribution in [0.1, 0.15) is 24.3 Å². The molecule has 1 fully saturated rings. The summed E-state index contributed by atoms with van der Waals surface area (Å²) in [5, 5.41) is 3.33. The Balaban J connectivity index is 1.62. The number of primary amides is 1. The van der Waals surface area contributed by atoms with Crippen LogP contribution < -0.4 is 11.1 Å². The topological polar surface area (TPSA) is 75.4 Å². The molecule has 0 saturated carbocycles. The van der Waals surface area contributed by atoms with E-state index in [9.17, 15) is 9.59 Å². The molecular weight excluding hydrogens is 254 g/mol. The van der Waals surface area contributed by atoms with E-state index in [2.05, 4.69) is 11.4 Å². The fraction of sp³-hybridized carbons (Fsp3) is 0.467. The number of nitrogens with zero attached hydrogens (tertiary/aromatic N) is 1. The average Bonchev–Trinajstić information content (AvgIpc) is 3.06. The predicted octanol–water partition coefficient (Wildman–Crippen LogP) is 0.920. The lowest BCUT2D eigenvalue weighted by Crippen LogP contribution is -2.32. The van der Waals surface area contributed by atoms with E-state index >= 15 is 0 Å². The molecule has 2 atom stereocenters. The largest absolute Gasteiger partial charge is 0.384 e. The van der Waals surface area contributed by atoms with E-state index in [0.29, 0.717) is 25.9 Å². The highest BCUT2D eigenvalue weighted by atomic mass is 16.2. The van der Waals surface area contributed by atoms with Gasteiger partial charge in [0.2, 0.25) is 11.8 Å². The molecule has 2 aliphatic rings. The Bertz CT molecular complexity index is 544. The molecule has 3 N–H and O–H groups in total. The van der Waals surface area contributed by atoms with Gasteiger partial charge in [0, 0.05) is 37.7 Å². The normalized spacial score (nSPS) is 24.3. The highest BCUT2D eigenvalue weighted by Gasteiger charge is 2.32. The Morgan fingerprint density at radius 3 is 2.90 bits per heavy atom. The zero-order valence-corrected chi connectivity index (χ0v) is 11.3. The summed E-state index contributed by atoms with van der Waals surface area (Å²) < 4.78 is 0. The number of anilines is 1. The van der Waals surface area contributed by atoms with Gasteiger partial charge < -0.3 is 16.0 Å². The summed E-state index contributed by atoms with van der Waals surface area (Å²) in [5.74, 6) is -0.121. The maximum Gasteiger partial charge on any atom is 0.223 e. The van der Waals surface area contributed by atoms with Crippen LogP contribution in [0.2, 0.25) is 0 Å². The van der Waals surface area contributed by atoms with Gasteiger partial charge in [0.05, 0.1) is 5.92 Å². The van der Waals surface area contributed by atoms with Crippen LogP contribution in [0.15, 0.2) is 24.3 Å². The number of amides is 2. The fourth-order valence-corrected chi connectivity index (χ4v) is 3.10. The average molecular weight is 273 g/mol. The summed E-state index contributed by atoms with van der Waals surface area (Å²) in [6.07, 6.45) is 1.19. The standard InChI is InChI=1S/C15H19N3O2/c16-15(20)10-5-6-18(9-10)14(19)7-11-8-17-13-4-2-1-3-12(11)13/h1-4,10-11,17H,5-9H2,(H2,16,20). The van der Waals surface area contributed by atoms with E-state index < -0.39 is 0 Å². The van der Waals surface area contributed by atoms with Crippen LogP contribution in [-0.2, 0) is 9.59 Å². The van der Waals surface area contributed by atoms with Crippen LogP contribution in [0, 0.1) is 5.92 Å². The summed E-state index contributed by atoms with van der Waals surface area (Å²) in [4.78, 5) is 25.3. The van der Waals surface area contributed by atoms with Gasteiger partial charge in [-0.2, -0.15) is 0 Å². The highest BCUT2D eigenvalue weighted by molar-refractivity contribution is 5.82. The number of para-hydroxylation sites is 1. The van der Waals surface area contributed by atoms with Gasteiger partial charge in [0.15, 0.2) is 0 Å². The first-order valence-corrected chi connectivity index (χ1v) is 7.05. The van der Waals surface area contributed by atoms with Crippen LogP contribution in [0.4, 0.5) is 5.69 Å². The van der Waals surface area contributed by atoms with Crippen LogP contribution >= 0.6 is 0 Å². The number of nitrogens with two attached hydrogens (primary N) is 1. The Morgan fingerprint density at radius 2 is 2.15 bits per heavy atom. The van der Waals surface area contributed by atoms with E-state index in [1.165, 1.54) is 5.56 Å². The minimum absolute atomic E-state index is 0.122. The number of likely N-dealkylation sites (tertiary alicyclic amines) is 1. The van der Waals surface area contributed by atoms with E-state index in [-0.39, 0.29) is 23.7 Å². The lowest BCUT2D eigenvalue weighted by Gasteiger charge is -2.18. The molecule has 1 saturated heterocycles. The molecular formula is C15H19N3O2. The van der Waals surface area contributed by atoms with Crippen LogP contribution in [0.25, 0.3) is 0 Å². The third kappa shape index (κ3) is 2.35. The monoisotopic (exact) mass is 273 g/mol. The third-order valence-corrected chi connectivity index (χ3v) is 4.30. The number of benzene rings is 1. The van der Waals surface area contributed by atoms with Crippen molar-refractivity contribution in [2.75, 3.05) is 25.0 Å². The lowest BCUT2D eigenvalue weighted by molar-refractivity contribution is -0.130. The fourth-order valence-electron chi connectivity index (χ4n) is 3.10. The lowest BCUT2D eigenvalue weighted by atomic mass is 9.97. The quantitative estimate of drug-likeness (QED) is 0.860. The molecule has 0 aliphatic carbocycles. The van der Waals surface area contributed by atoms with Crippen molar-refractivity contribution in [3.63, 3.8) is 0 Å². The predicted molar refractivity (Wildman–Crippen MR) is 76.2 cm³/mol. The first-order chi connectivity index (χ1) is 9.65. The second kappa shape index (κ2) is 5.15. The molecule has 0 radical (unpaired) electrons. The summed E-state index contributed by atoms with van der Waals surface area (Å²) in [7, 11) is 0. The van der Waals surface area contributed by atoms with Crippen LogP contribution in [-0.4, -0.2) is 36.3 Å².